The van der Waals surface area contributed by atoms with E-state index in [1.165, 1.54) is 12.0 Å². The third-order valence-electron chi connectivity index (χ3n) is 5.19. The molecular weight excluding hydrogens is 430 g/mol. The Morgan fingerprint density at radius 2 is 2.03 bits per heavy atom. The van der Waals surface area contributed by atoms with Gasteiger partial charge in [-0.25, -0.2) is 0 Å². The summed E-state index contributed by atoms with van der Waals surface area (Å²) in [5, 5.41) is 11.6. The van der Waals surface area contributed by atoms with Crippen LogP contribution in [0.15, 0.2) is 54.6 Å². The Bertz CT molecular complexity index is 1090. The van der Waals surface area contributed by atoms with Gasteiger partial charge in [-0.1, -0.05) is 43.3 Å². The zero-order valence-corrected chi connectivity index (χ0v) is 19.1. The number of methoxy groups -OCH3 is 1. The standard InChI is InChI=1S/C25H26ClNO5/c1-5-10-27-21(16-8-7-9-17(14-16)32-11-6-2)20(23(29)25(27)30)22(28)18-12-15(3)13-19(26)24(18)31-4/h6-9,12-14,21,28H,2,5,10-11H2,1,3-4H3/b22-20+. The Labute approximate surface area is 192 Å². The highest BCUT2D eigenvalue weighted by molar-refractivity contribution is 6.46. The fourth-order valence-electron chi connectivity index (χ4n) is 3.89. The number of aryl methyl sites for hydroxylation is 1. The summed E-state index contributed by atoms with van der Waals surface area (Å²) in [4.78, 5) is 27.5. The molecule has 1 fully saturated rings. The summed E-state index contributed by atoms with van der Waals surface area (Å²) in [6.45, 7) is 8.05. The minimum Gasteiger partial charge on any atom is -0.507 e. The summed E-state index contributed by atoms with van der Waals surface area (Å²) >= 11 is 6.31. The zero-order valence-electron chi connectivity index (χ0n) is 18.4. The number of aliphatic hydroxyl groups excluding tert-OH is 1. The third-order valence-corrected chi connectivity index (χ3v) is 5.47. The molecule has 1 N–H and O–H groups in total. The van der Waals surface area contributed by atoms with Crippen molar-refractivity contribution >= 4 is 29.1 Å². The number of rotatable bonds is 8. The summed E-state index contributed by atoms with van der Waals surface area (Å²) in [5.74, 6) is -0.933. The Morgan fingerprint density at radius 3 is 2.69 bits per heavy atom. The van der Waals surface area contributed by atoms with E-state index in [-0.39, 0.29) is 22.6 Å². The lowest BCUT2D eigenvalue weighted by Gasteiger charge is -2.25. The van der Waals surface area contributed by atoms with E-state index in [4.69, 9.17) is 21.1 Å². The number of amides is 1. The molecule has 1 unspecified atom stereocenters. The second kappa shape index (κ2) is 9.92. The van der Waals surface area contributed by atoms with Crippen LogP contribution >= 0.6 is 11.6 Å². The molecule has 0 aliphatic carbocycles. The van der Waals surface area contributed by atoms with Crippen LogP contribution in [0.3, 0.4) is 0 Å². The summed E-state index contributed by atoms with van der Waals surface area (Å²) < 4.78 is 11.0. The molecule has 1 aliphatic rings. The number of carbonyl (C=O) groups is 2. The van der Waals surface area contributed by atoms with Gasteiger partial charge in [-0.3, -0.25) is 9.59 Å². The van der Waals surface area contributed by atoms with E-state index >= 15 is 0 Å². The number of ether oxygens (including phenoxy) is 2. The van der Waals surface area contributed by atoms with Crippen LogP contribution in [0.4, 0.5) is 0 Å². The average molecular weight is 456 g/mol. The first-order valence-electron chi connectivity index (χ1n) is 10.3. The smallest absolute Gasteiger partial charge is 0.295 e. The number of hydrogen-bond acceptors (Lipinski definition) is 5. The van der Waals surface area contributed by atoms with Crippen LogP contribution in [0, 0.1) is 6.92 Å². The van der Waals surface area contributed by atoms with Gasteiger partial charge in [-0.2, -0.15) is 0 Å². The van der Waals surface area contributed by atoms with Gasteiger partial charge >= 0.3 is 0 Å². The van der Waals surface area contributed by atoms with Crippen molar-refractivity contribution in [3.63, 3.8) is 0 Å². The van der Waals surface area contributed by atoms with Crippen molar-refractivity contribution < 1.29 is 24.2 Å². The first-order chi connectivity index (χ1) is 15.3. The molecule has 2 aromatic rings. The second-order valence-corrected chi connectivity index (χ2v) is 7.90. The largest absolute Gasteiger partial charge is 0.507 e. The Kier molecular flexibility index (Phi) is 7.26. The van der Waals surface area contributed by atoms with Crippen molar-refractivity contribution in [1.82, 2.24) is 4.90 Å². The number of ketones is 1. The molecule has 2 aromatic carbocycles. The maximum Gasteiger partial charge on any atom is 0.295 e. The maximum absolute atomic E-state index is 13.1. The monoisotopic (exact) mass is 455 g/mol. The van der Waals surface area contributed by atoms with Crippen LogP contribution in [0.1, 0.15) is 36.1 Å². The molecule has 0 aromatic heterocycles. The second-order valence-electron chi connectivity index (χ2n) is 7.49. The van der Waals surface area contributed by atoms with E-state index in [1.807, 2.05) is 13.8 Å². The molecule has 0 spiro atoms. The van der Waals surface area contributed by atoms with Gasteiger partial charge in [-0.15, -0.1) is 0 Å². The van der Waals surface area contributed by atoms with Gasteiger partial charge in [0.1, 0.15) is 23.9 Å². The fraction of sp³-hybridized carbons (Fsp3) is 0.280. The number of halogens is 1. The molecule has 1 atom stereocenters. The number of nitrogens with zero attached hydrogens (tertiary/aromatic N) is 1. The molecule has 7 heteroatoms. The quantitative estimate of drug-likeness (QED) is 0.261. The van der Waals surface area contributed by atoms with E-state index in [9.17, 15) is 14.7 Å². The van der Waals surface area contributed by atoms with Gasteiger partial charge in [0, 0.05) is 6.54 Å². The van der Waals surface area contributed by atoms with Gasteiger partial charge in [0.25, 0.3) is 11.7 Å². The van der Waals surface area contributed by atoms with Gasteiger partial charge in [0.2, 0.25) is 0 Å². The van der Waals surface area contributed by atoms with Crippen molar-refractivity contribution in [2.45, 2.75) is 26.3 Å². The maximum atomic E-state index is 13.1. The molecule has 6 nitrogen and oxygen atoms in total. The lowest BCUT2D eigenvalue weighted by molar-refractivity contribution is -0.139. The highest BCUT2D eigenvalue weighted by Gasteiger charge is 2.46. The number of Topliss-reactive ketones (excluding diaryl/α,β-unsaturated/α-hetero) is 1. The SMILES string of the molecule is C=CCOc1cccc(C2/C(=C(\O)c3cc(C)cc(Cl)c3OC)C(=O)C(=O)N2CCC)c1. The molecule has 0 radical (unpaired) electrons. The van der Waals surface area contributed by atoms with E-state index in [1.54, 1.807) is 42.5 Å². The Balaban J connectivity index is 2.24. The predicted octanol–water partition coefficient (Wildman–Crippen LogP) is 5.05. The lowest BCUT2D eigenvalue weighted by atomic mass is 9.94. The van der Waals surface area contributed by atoms with E-state index in [2.05, 4.69) is 6.58 Å². The highest BCUT2D eigenvalue weighted by Crippen LogP contribution is 2.43. The van der Waals surface area contributed by atoms with Gasteiger partial charge in [-0.05, 0) is 48.7 Å². The Morgan fingerprint density at radius 1 is 1.28 bits per heavy atom. The molecule has 3 rings (SSSR count). The summed E-state index contributed by atoms with van der Waals surface area (Å²) in [5.41, 5.74) is 1.68. The number of benzene rings is 2. The van der Waals surface area contributed by atoms with Crippen LogP contribution in [0.5, 0.6) is 11.5 Å². The number of likely N-dealkylation sites (tertiary alicyclic amines) is 1. The topological polar surface area (TPSA) is 76.1 Å². The molecule has 1 amide bonds. The van der Waals surface area contributed by atoms with Crippen molar-refractivity contribution in [2.75, 3.05) is 20.3 Å². The van der Waals surface area contributed by atoms with Crippen LogP contribution in [-0.2, 0) is 9.59 Å². The average Bonchev–Trinajstić information content (AvgIpc) is 3.02. The summed E-state index contributed by atoms with van der Waals surface area (Å²) in [6, 6.07) is 9.72. The molecule has 1 aliphatic heterocycles. The molecular formula is C25H26ClNO5. The minimum atomic E-state index is -0.772. The molecule has 0 bridgehead atoms. The first-order valence-corrected chi connectivity index (χ1v) is 10.7. The molecule has 1 saturated heterocycles. The number of carbonyl (C=O) groups excluding carboxylic acids is 2. The van der Waals surface area contributed by atoms with Crippen LogP contribution in [0.25, 0.3) is 5.76 Å². The molecule has 32 heavy (non-hydrogen) atoms. The van der Waals surface area contributed by atoms with Crippen molar-refractivity contribution in [2.24, 2.45) is 0 Å². The van der Waals surface area contributed by atoms with Crippen molar-refractivity contribution in [3.8, 4) is 11.5 Å². The third kappa shape index (κ3) is 4.36. The normalized spacial score (nSPS) is 17.5. The summed E-state index contributed by atoms with van der Waals surface area (Å²) in [7, 11) is 1.43. The van der Waals surface area contributed by atoms with Crippen LogP contribution in [0.2, 0.25) is 5.02 Å². The van der Waals surface area contributed by atoms with Crippen LogP contribution < -0.4 is 9.47 Å². The number of aliphatic hydroxyl groups is 1. The van der Waals surface area contributed by atoms with Gasteiger partial charge in [0.05, 0.1) is 29.3 Å². The van der Waals surface area contributed by atoms with Crippen LogP contribution in [-0.4, -0.2) is 42.0 Å². The highest BCUT2D eigenvalue weighted by atomic mass is 35.5. The molecule has 168 valence electrons. The van der Waals surface area contributed by atoms with E-state index in [0.29, 0.717) is 35.9 Å². The molecule has 0 saturated carbocycles. The van der Waals surface area contributed by atoms with Gasteiger partial charge in [0.15, 0.2) is 0 Å². The zero-order chi connectivity index (χ0) is 23.4. The minimum absolute atomic E-state index is 0.00992. The predicted molar refractivity (Wildman–Crippen MR) is 124 cm³/mol. The van der Waals surface area contributed by atoms with Crippen molar-refractivity contribution in [3.05, 3.63) is 76.3 Å². The first kappa shape index (κ1) is 23.4. The van der Waals surface area contributed by atoms with E-state index in [0.717, 1.165) is 5.56 Å². The Hall–Kier alpha value is -3.25. The summed E-state index contributed by atoms with van der Waals surface area (Å²) in [6.07, 6.45) is 2.28. The molecule has 1 heterocycles. The number of hydrogen-bond donors (Lipinski definition) is 1. The van der Waals surface area contributed by atoms with Crippen molar-refractivity contribution in [1.29, 1.82) is 0 Å². The fourth-order valence-corrected chi connectivity index (χ4v) is 4.24. The van der Waals surface area contributed by atoms with E-state index < -0.39 is 17.7 Å². The lowest BCUT2D eigenvalue weighted by Crippen LogP contribution is -2.30. The van der Waals surface area contributed by atoms with Gasteiger partial charge < -0.3 is 19.5 Å².